The topological polar surface area (TPSA) is 84.6 Å². The smallest absolute Gasteiger partial charge is 0.310 e. The van der Waals surface area contributed by atoms with Crippen LogP contribution in [0.15, 0.2) is 18.7 Å². The van der Waals surface area contributed by atoms with E-state index in [1.54, 1.807) is 13.1 Å². The van der Waals surface area contributed by atoms with Crippen LogP contribution in [0.5, 0.6) is 0 Å². The number of hydrogen-bond donors (Lipinski definition) is 2. The highest BCUT2D eigenvalue weighted by atomic mass is 31.2. The Labute approximate surface area is 75.4 Å². The second kappa shape index (κ2) is 4.02. The number of rotatable bonds is 4. The maximum Gasteiger partial charge on any atom is 0.471 e. The van der Waals surface area contributed by atoms with Gasteiger partial charge in [-0.15, -0.1) is 0 Å². The molecule has 2 N–H and O–H groups in total. The monoisotopic (exact) mass is 206 g/mol. The Morgan fingerprint density at radius 3 is 2.77 bits per heavy atom. The van der Waals surface area contributed by atoms with Crippen molar-refractivity contribution >= 4 is 7.82 Å². The molecule has 1 aromatic rings. The second-order valence-corrected chi connectivity index (χ2v) is 3.66. The van der Waals surface area contributed by atoms with Crippen molar-refractivity contribution in [3.05, 3.63) is 18.7 Å². The van der Waals surface area contributed by atoms with Crippen LogP contribution in [-0.2, 0) is 9.09 Å². The van der Waals surface area contributed by atoms with Crippen LogP contribution in [0.2, 0.25) is 0 Å². The third kappa shape index (κ3) is 3.28. The van der Waals surface area contributed by atoms with E-state index in [-0.39, 0.29) is 0 Å². The molecule has 0 saturated carbocycles. The first-order valence-electron chi connectivity index (χ1n) is 3.74. The Balaban J connectivity index is 2.70. The van der Waals surface area contributed by atoms with Gasteiger partial charge in [0.15, 0.2) is 0 Å². The van der Waals surface area contributed by atoms with Gasteiger partial charge in [-0.05, 0) is 6.42 Å². The van der Waals surface area contributed by atoms with Crippen molar-refractivity contribution in [1.82, 2.24) is 9.55 Å². The lowest BCUT2D eigenvalue weighted by Gasteiger charge is -2.17. The molecule has 1 atom stereocenters. The quantitative estimate of drug-likeness (QED) is 0.715. The molecule has 13 heavy (non-hydrogen) atoms. The molecule has 0 aliphatic carbocycles. The molecular weight excluding hydrogens is 195 g/mol. The average molecular weight is 206 g/mol. The molecule has 1 aromatic heterocycles. The lowest BCUT2D eigenvalue weighted by Crippen LogP contribution is -2.08. The van der Waals surface area contributed by atoms with E-state index in [2.05, 4.69) is 9.51 Å². The molecule has 0 aliphatic heterocycles. The summed E-state index contributed by atoms with van der Waals surface area (Å²) in [5, 5.41) is 0. The van der Waals surface area contributed by atoms with Gasteiger partial charge in [0.25, 0.3) is 0 Å². The lowest BCUT2D eigenvalue weighted by atomic mass is 10.4. The first-order chi connectivity index (χ1) is 6.03. The first-order valence-corrected chi connectivity index (χ1v) is 5.27. The molecule has 0 fully saturated rings. The number of phosphoric acid groups is 1. The van der Waals surface area contributed by atoms with E-state index < -0.39 is 14.1 Å². The fourth-order valence-corrected chi connectivity index (χ4v) is 1.51. The Kier molecular flexibility index (Phi) is 3.22. The van der Waals surface area contributed by atoms with Gasteiger partial charge >= 0.3 is 7.82 Å². The molecule has 0 aromatic carbocycles. The predicted octanol–water partition coefficient (Wildman–Crippen LogP) is 0.901. The highest BCUT2D eigenvalue weighted by Crippen LogP contribution is 2.41. The Bertz CT molecular complexity index is 294. The minimum Gasteiger partial charge on any atom is -0.310 e. The van der Waals surface area contributed by atoms with Gasteiger partial charge in [-0.3, -0.25) is 4.52 Å². The molecule has 6 nitrogen and oxygen atoms in total. The fourth-order valence-electron chi connectivity index (χ4n) is 0.938. The molecule has 0 saturated heterocycles. The summed E-state index contributed by atoms with van der Waals surface area (Å²) in [6.07, 6.45) is 4.35. The summed E-state index contributed by atoms with van der Waals surface area (Å²) < 4.78 is 16.6. The van der Waals surface area contributed by atoms with Gasteiger partial charge in [0.1, 0.15) is 6.23 Å². The number of imidazole rings is 1. The number of aromatic nitrogens is 2. The van der Waals surface area contributed by atoms with Crippen LogP contribution in [0.1, 0.15) is 19.6 Å². The van der Waals surface area contributed by atoms with E-state index in [0.29, 0.717) is 6.42 Å². The lowest BCUT2D eigenvalue weighted by molar-refractivity contribution is 0.0802. The van der Waals surface area contributed by atoms with E-state index >= 15 is 0 Å². The molecule has 0 bridgehead atoms. The van der Waals surface area contributed by atoms with E-state index in [9.17, 15) is 4.57 Å². The van der Waals surface area contributed by atoms with Gasteiger partial charge < -0.3 is 14.4 Å². The van der Waals surface area contributed by atoms with Crippen molar-refractivity contribution in [1.29, 1.82) is 0 Å². The highest BCUT2D eigenvalue weighted by molar-refractivity contribution is 7.46. The minimum absolute atomic E-state index is 0.460. The number of phosphoric ester groups is 1. The summed E-state index contributed by atoms with van der Waals surface area (Å²) in [4.78, 5) is 20.9. The van der Waals surface area contributed by atoms with Crippen molar-refractivity contribution in [3.63, 3.8) is 0 Å². The van der Waals surface area contributed by atoms with Crippen LogP contribution < -0.4 is 0 Å². The van der Waals surface area contributed by atoms with Crippen LogP contribution in [0, 0.1) is 0 Å². The Morgan fingerprint density at radius 2 is 2.38 bits per heavy atom. The molecule has 74 valence electrons. The van der Waals surface area contributed by atoms with Crippen molar-refractivity contribution in [2.45, 2.75) is 19.6 Å². The molecule has 1 unspecified atom stereocenters. The predicted molar refractivity (Wildman–Crippen MR) is 44.7 cm³/mol. The van der Waals surface area contributed by atoms with Gasteiger partial charge in [0.2, 0.25) is 0 Å². The van der Waals surface area contributed by atoms with Gasteiger partial charge in [0, 0.05) is 12.4 Å². The summed E-state index contributed by atoms with van der Waals surface area (Å²) in [6.45, 7) is 1.76. The SMILES string of the molecule is CCC(OP(=O)(O)O)n1ccnc1. The van der Waals surface area contributed by atoms with E-state index in [1.165, 1.54) is 17.1 Å². The summed E-state index contributed by atoms with van der Waals surface area (Å²) in [5.74, 6) is 0. The van der Waals surface area contributed by atoms with Crippen LogP contribution in [0.4, 0.5) is 0 Å². The van der Waals surface area contributed by atoms with Gasteiger partial charge in [0.05, 0.1) is 6.33 Å². The van der Waals surface area contributed by atoms with Gasteiger partial charge in [-0.2, -0.15) is 0 Å². The largest absolute Gasteiger partial charge is 0.471 e. The zero-order chi connectivity index (χ0) is 9.90. The Morgan fingerprint density at radius 1 is 1.69 bits per heavy atom. The zero-order valence-electron chi connectivity index (χ0n) is 7.07. The maximum atomic E-state index is 10.5. The molecule has 1 heterocycles. The third-order valence-corrected chi connectivity index (χ3v) is 1.98. The molecule has 7 heteroatoms. The molecule has 0 radical (unpaired) electrons. The Hall–Kier alpha value is -0.680. The van der Waals surface area contributed by atoms with Crippen molar-refractivity contribution in [3.8, 4) is 0 Å². The van der Waals surface area contributed by atoms with Crippen molar-refractivity contribution < 1.29 is 18.9 Å². The van der Waals surface area contributed by atoms with Crippen LogP contribution in [0.25, 0.3) is 0 Å². The number of nitrogens with zero attached hydrogens (tertiary/aromatic N) is 2. The van der Waals surface area contributed by atoms with Crippen LogP contribution in [0.3, 0.4) is 0 Å². The molecule has 0 aliphatic rings. The van der Waals surface area contributed by atoms with E-state index in [4.69, 9.17) is 9.79 Å². The fraction of sp³-hybridized carbons (Fsp3) is 0.500. The van der Waals surface area contributed by atoms with Crippen molar-refractivity contribution in [2.75, 3.05) is 0 Å². The zero-order valence-corrected chi connectivity index (χ0v) is 7.96. The van der Waals surface area contributed by atoms with Gasteiger partial charge in [-0.25, -0.2) is 9.55 Å². The van der Waals surface area contributed by atoms with Crippen LogP contribution in [-0.4, -0.2) is 19.3 Å². The van der Waals surface area contributed by atoms with Crippen molar-refractivity contribution in [2.24, 2.45) is 0 Å². The second-order valence-electron chi connectivity index (χ2n) is 2.47. The standard InChI is InChI=1S/C6H11N2O4P/c1-2-6(12-13(9,10)11)8-4-3-7-5-8/h3-6H,2H2,1H3,(H2,9,10,11). The summed E-state index contributed by atoms with van der Waals surface area (Å²) in [7, 11) is -4.43. The molecule has 1 rings (SSSR count). The normalized spacial score (nSPS) is 14.4. The molecular formula is C6H11N2O4P. The number of hydrogen-bond acceptors (Lipinski definition) is 3. The van der Waals surface area contributed by atoms with E-state index in [0.717, 1.165) is 0 Å². The summed E-state index contributed by atoms with van der Waals surface area (Å²) in [5.41, 5.74) is 0. The summed E-state index contributed by atoms with van der Waals surface area (Å²) in [6, 6.07) is 0. The highest BCUT2D eigenvalue weighted by Gasteiger charge is 2.21. The summed E-state index contributed by atoms with van der Waals surface area (Å²) >= 11 is 0. The van der Waals surface area contributed by atoms with Crippen LogP contribution >= 0.6 is 7.82 Å². The third-order valence-electron chi connectivity index (χ3n) is 1.47. The minimum atomic E-state index is -4.43. The maximum absolute atomic E-state index is 10.5. The van der Waals surface area contributed by atoms with E-state index in [1.807, 2.05) is 0 Å². The molecule has 0 spiro atoms. The average Bonchev–Trinajstić information content (AvgIpc) is 2.50. The molecule has 0 amide bonds. The first kappa shape index (κ1) is 10.4. The van der Waals surface area contributed by atoms with Gasteiger partial charge in [-0.1, -0.05) is 6.92 Å².